The van der Waals surface area contributed by atoms with Crippen LogP contribution in [0.2, 0.25) is 0 Å². The van der Waals surface area contributed by atoms with Gasteiger partial charge in [0.2, 0.25) is 17.7 Å². The first-order valence-corrected chi connectivity index (χ1v) is 11.6. The molecule has 35 heavy (non-hydrogen) atoms. The maximum Gasteiger partial charge on any atom is 0.333 e. The van der Waals surface area contributed by atoms with Crippen LogP contribution in [0.4, 0.5) is 0 Å². The molecule has 190 valence electrons. The van der Waals surface area contributed by atoms with Gasteiger partial charge in [0.15, 0.2) is 0 Å². The van der Waals surface area contributed by atoms with Crippen molar-refractivity contribution in [2.45, 2.75) is 71.5 Å². The Morgan fingerprint density at radius 1 is 0.914 bits per heavy atom. The highest BCUT2D eigenvalue weighted by Gasteiger charge is 2.33. The third-order valence-corrected chi connectivity index (χ3v) is 5.31. The summed E-state index contributed by atoms with van der Waals surface area (Å²) < 4.78 is 0. The van der Waals surface area contributed by atoms with Gasteiger partial charge >= 0.3 is 5.97 Å². The third-order valence-electron chi connectivity index (χ3n) is 5.31. The minimum absolute atomic E-state index is 0.000473. The summed E-state index contributed by atoms with van der Waals surface area (Å²) in [6.45, 7) is 5.39. The van der Waals surface area contributed by atoms with Crippen LogP contribution < -0.4 is 16.0 Å². The quantitative estimate of drug-likeness (QED) is 0.367. The second kappa shape index (κ2) is 13.2. The first-order chi connectivity index (χ1) is 16.6. The van der Waals surface area contributed by atoms with E-state index in [1.807, 2.05) is 30.3 Å². The van der Waals surface area contributed by atoms with Crippen molar-refractivity contribution in [3.63, 3.8) is 0 Å². The molecule has 1 aromatic rings. The Hall–Kier alpha value is -3.76. The first-order valence-electron chi connectivity index (χ1n) is 11.6. The Morgan fingerprint density at radius 2 is 1.54 bits per heavy atom. The van der Waals surface area contributed by atoms with Crippen molar-refractivity contribution in [1.29, 1.82) is 0 Å². The van der Waals surface area contributed by atoms with E-state index < -0.39 is 41.7 Å². The summed E-state index contributed by atoms with van der Waals surface area (Å²) >= 11 is 0. The maximum atomic E-state index is 12.7. The zero-order valence-electron chi connectivity index (χ0n) is 20.2. The molecule has 0 spiro atoms. The van der Waals surface area contributed by atoms with Crippen molar-refractivity contribution < 1.29 is 33.6 Å². The molecule has 3 N–H and O–H groups in total. The molecule has 0 saturated carbocycles. The van der Waals surface area contributed by atoms with E-state index in [9.17, 15) is 28.8 Å². The summed E-state index contributed by atoms with van der Waals surface area (Å²) in [6.07, 6.45) is -0.144. The Morgan fingerprint density at radius 3 is 2.14 bits per heavy atom. The minimum atomic E-state index is -0.876. The fourth-order valence-corrected chi connectivity index (χ4v) is 3.29. The lowest BCUT2D eigenvalue weighted by Crippen LogP contribution is -2.54. The van der Waals surface area contributed by atoms with Crippen molar-refractivity contribution >= 4 is 35.5 Å². The standard InChI is InChI=1S/C24H32N4O7/c1-15(2)22(24(34)26-16(3)23(33)25-14-17-8-5-4-6-9-17)27-18(29)10-7-11-21(32)35-28-19(30)12-13-20(28)31/h4-6,8-9,15-16,22H,7,10-14H2,1-3H3,(H,25,33)(H,26,34)(H,27,29)/t16?,22-/m0/s1. The normalized spacial score (nSPS) is 14.9. The third kappa shape index (κ3) is 8.84. The van der Waals surface area contributed by atoms with Crippen LogP contribution in [0, 0.1) is 5.92 Å². The molecule has 1 aromatic carbocycles. The average Bonchev–Trinajstić information content (AvgIpc) is 3.13. The second-order valence-electron chi connectivity index (χ2n) is 8.62. The summed E-state index contributed by atoms with van der Waals surface area (Å²) in [5.41, 5.74) is 0.925. The molecular weight excluding hydrogens is 456 g/mol. The van der Waals surface area contributed by atoms with Crippen LogP contribution in [-0.2, 0) is 40.1 Å². The highest BCUT2D eigenvalue weighted by Crippen LogP contribution is 2.13. The lowest BCUT2D eigenvalue weighted by Gasteiger charge is -2.24. The fourth-order valence-electron chi connectivity index (χ4n) is 3.29. The van der Waals surface area contributed by atoms with E-state index in [4.69, 9.17) is 4.84 Å². The lowest BCUT2D eigenvalue weighted by molar-refractivity contribution is -0.197. The molecule has 1 unspecified atom stereocenters. The van der Waals surface area contributed by atoms with Gasteiger partial charge < -0.3 is 20.8 Å². The van der Waals surface area contributed by atoms with Gasteiger partial charge in [0.05, 0.1) is 0 Å². The predicted octanol–water partition coefficient (Wildman–Crippen LogP) is 0.726. The molecule has 1 saturated heterocycles. The zero-order chi connectivity index (χ0) is 26.0. The van der Waals surface area contributed by atoms with Crippen molar-refractivity contribution in [3.8, 4) is 0 Å². The molecule has 2 atom stereocenters. The molecular formula is C24H32N4O7. The van der Waals surface area contributed by atoms with Gasteiger partial charge in [0, 0.05) is 32.2 Å². The number of carbonyl (C=O) groups excluding carboxylic acids is 6. The highest BCUT2D eigenvalue weighted by molar-refractivity contribution is 6.01. The highest BCUT2D eigenvalue weighted by atomic mass is 16.7. The number of nitrogens with zero attached hydrogens (tertiary/aromatic N) is 1. The number of amides is 5. The van der Waals surface area contributed by atoms with E-state index in [1.54, 1.807) is 20.8 Å². The Kier molecular flexibility index (Phi) is 10.4. The second-order valence-corrected chi connectivity index (χ2v) is 8.62. The van der Waals surface area contributed by atoms with Crippen LogP contribution in [0.3, 0.4) is 0 Å². The van der Waals surface area contributed by atoms with Crippen molar-refractivity contribution in [1.82, 2.24) is 21.0 Å². The molecule has 1 aliphatic heterocycles. The Labute approximate surface area is 203 Å². The van der Waals surface area contributed by atoms with Crippen molar-refractivity contribution in [2.24, 2.45) is 5.92 Å². The smallest absolute Gasteiger partial charge is 0.333 e. The van der Waals surface area contributed by atoms with E-state index in [0.717, 1.165) is 5.56 Å². The van der Waals surface area contributed by atoms with Gasteiger partial charge in [-0.2, -0.15) is 0 Å². The SMILES string of the molecule is CC(NC(=O)[C@@H](NC(=O)CCCC(=O)ON1C(=O)CCC1=O)C(C)C)C(=O)NCc1ccccc1. The molecule has 2 rings (SSSR count). The monoisotopic (exact) mass is 488 g/mol. The van der Waals surface area contributed by atoms with E-state index in [1.165, 1.54) is 0 Å². The van der Waals surface area contributed by atoms with Gasteiger partial charge in [-0.15, -0.1) is 5.06 Å². The molecule has 0 aliphatic carbocycles. The summed E-state index contributed by atoms with van der Waals surface area (Å²) in [7, 11) is 0. The number of rotatable bonds is 12. The van der Waals surface area contributed by atoms with Crippen LogP contribution in [0.5, 0.6) is 0 Å². The molecule has 0 radical (unpaired) electrons. The molecule has 0 aromatic heterocycles. The van der Waals surface area contributed by atoms with Crippen molar-refractivity contribution in [2.75, 3.05) is 0 Å². The van der Waals surface area contributed by atoms with E-state index in [0.29, 0.717) is 11.6 Å². The molecule has 5 amide bonds. The van der Waals surface area contributed by atoms with Crippen molar-refractivity contribution in [3.05, 3.63) is 35.9 Å². The number of benzene rings is 1. The number of nitrogens with one attached hydrogen (secondary N) is 3. The molecule has 11 nitrogen and oxygen atoms in total. The summed E-state index contributed by atoms with van der Waals surface area (Å²) in [6, 6.07) is 7.66. The number of hydrogen-bond donors (Lipinski definition) is 3. The van der Waals surface area contributed by atoms with Gasteiger partial charge in [0.25, 0.3) is 11.8 Å². The summed E-state index contributed by atoms with van der Waals surface area (Å²) in [4.78, 5) is 76.9. The molecule has 11 heteroatoms. The lowest BCUT2D eigenvalue weighted by atomic mass is 10.0. The number of imide groups is 1. The summed E-state index contributed by atoms with van der Waals surface area (Å²) in [5.74, 6) is -3.51. The molecule has 1 fully saturated rings. The Bertz CT molecular complexity index is 932. The van der Waals surface area contributed by atoms with Crippen LogP contribution in [-0.4, -0.2) is 52.7 Å². The predicted molar refractivity (Wildman–Crippen MR) is 124 cm³/mol. The average molecular weight is 489 g/mol. The van der Waals surface area contributed by atoms with Gasteiger partial charge in [0.1, 0.15) is 12.1 Å². The summed E-state index contributed by atoms with van der Waals surface area (Å²) in [5, 5.41) is 8.45. The maximum absolute atomic E-state index is 12.7. The van der Waals surface area contributed by atoms with Crippen LogP contribution in [0.1, 0.15) is 58.4 Å². The van der Waals surface area contributed by atoms with E-state index >= 15 is 0 Å². The van der Waals surface area contributed by atoms with Gasteiger partial charge in [-0.1, -0.05) is 44.2 Å². The first kappa shape index (κ1) is 27.5. The topological polar surface area (TPSA) is 151 Å². The van der Waals surface area contributed by atoms with Gasteiger partial charge in [-0.05, 0) is 24.8 Å². The van der Waals surface area contributed by atoms with Crippen LogP contribution in [0.15, 0.2) is 30.3 Å². The number of hydrogen-bond acceptors (Lipinski definition) is 7. The number of carbonyl (C=O) groups is 6. The van der Waals surface area contributed by atoms with Gasteiger partial charge in [-0.3, -0.25) is 24.0 Å². The zero-order valence-corrected chi connectivity index (χ0v) is 20.2. The molecule has 0 bridgehead atoms. The van der Waals surface area contributed by atoms with Crippen LogP contribution in [0.25, 0.3) is 0 Å². The van der Waals surface area contributed by atoms with Crippen LogP contribution >= 0.6 is 0 Å². The number of hydroxylamine groups is 2. The van der Waals surface area contributed by atoms with Gasteiger partial charge in [-0.25, -0.2) is 4.79 Å². The largest absolute Gasteiger partial charge is 0.350 e. The minimum Gasteiger partial charge on any atom is -0.350 e. The Balaban J connectivity index is 1.75. The molecule has 1 heterocycles. The van der Waals surface area contributed by atoms with E-state index in [2.05, 4.69) is 16.0 Å². The molecule has 1 aliphatic rings. The van der Waals surface area contributed by atoms with E-state index in [-0.39, 0.29) is 43.9 Å². The fraction of sp³-hybridized carbons (Fsp3) is 0.500.